The van der Waals surface area contributed by atoms with Crippen LogP contribution in [0.1, 0.15) is 75.1 Å². The van der Waals surface area contributed by atoms with Gasteiger partial charge < -0.3 is 39.2 Å². The maximum atomic E-state index is 15.7. The molecule has 63 heavy (non-hydrogen) atoms. The molecular formula is C48H56N4O11. The number of hydrogen-bond donors (Lipinski definition) is 2. The lowest BCUT2D eigenvalue weighted by Gasteiger charge is -2.50. The summed E-state index contributed by atoms with van der Waals surface area (Å²) in [4.78, 5) is 79.5. The predicted octanol–water partition coefficient (Wildman–Crippen LogP) is 3.86. The topological polar surface area (TPSA) is 173 Å². The molecule has 2 N–H and O–H groups in total. The molecule has 0 unspecified atom stereocenters. The maximum absolute atomic E-state index is 15.7. The Bertz CT molecular complexity index is 2190. The van der Waals surface area contributed by atoms with Gasteiger partial charge in [-0.25, -0.2) is 0 Å². The van der Waals surface area contributed by atoms with E-state index in [4.69, 9.17) is 23.8 Å². The van der Waals surface area contributed by atoms with Crippen LogP contribution in [0.2, 0.25) is 0 Å². The molecule has 0 spiro atoms. The summed E-state index contributed by atoms with van der Waals surface area (Å²) in [5, 5.41) is 14.6. The molecule has 0 radical (unpaired) electrons. The molecule has 1 saturated carbocycles. The van der Waals surface area contributed by atoms with Crippen molar-refractivity contribution in [1.82, 2.24) is 20.2 Å². The van der Waals surface area contributed by atoms with E-state index < -0.39 is 89.7 Å². The van der Waals surface area contributed by atoms with Gasteiger partial charge in [0.05, 0.1) is 19.2 Å². The summed E-state index contributed by atoms with van der Waals surface area (Å²) in [6.45, 7) is 5.13. The van der Waals surface area contributed by atoms with Crippen LogP contribution in [0.25, 0.3) is 6.08 Å². The standard InChI is InChI=1S/C48H56N4O11/c1-46(2,3)60-38(55)25-23-34(29-53)49-43(56)35-21-14-26-51(35)45(58)47-27-36-39-40(62-48(61-39,32-17-8-6-9-18-32)33-19-10-7-11-20-33)42(47)63-52(41(47)44(57)59-36)28-31-16-13-12-15-30(31)22-24-37(54)50(4)5/h6-13,15-20,22,24,34-36,39-42,53H,14,21,23,25-29H2,1-5H3,(H,49,56)/t34-,35+,36-,39-,40-,41-,42+,47-/m0/s1. The Labute approximate surface area is 367 Å². The molecule has 3 aromatic carbocycles. The first-order valence-electron chi connectivity index (χ1n) is 21.7. The summed E-state index contributed by atoms with van der Waals surface area (Å²) in [5.74, 6) is -3.71. The van der Waals surface area contributed by atoms with Gasteiger partial charge in [-0.05, 0) is 57.2 Å². The van der Waals surface area contributed by atoms with Gasteiger partial charge in [0.1, 0.15) is 41.5 Å². The molecule has 0 aromatic heterocycles. The third-order valence-electron chi connectivity index (χ3n) is 12.6. The predicted molar refractivity (Wildman–Crippen MR) is 228 cm³/mol. The number of ether oxygens (including phenoxy) is 4. The van der Waals surface area contributed by atoms with E-state index in [2.05, 4.69) is 5.32 Å². The highest BCUT2D eigenvalue weighted by Crippen LogP contribution is 2.60. The number of benzene rings is 3. The number of likely N-dealkylation sites (tertiary alicyclic amines) is 1. The van der Waals surface area contributed by atoms with E-state index in [1.807, 2.05) is 84.9 Å². The molecule has 1 aliphatic carbocycles. The van der Waals surface area contributed by atoms with Crippen molar-refractivity contribution in [3.63, 3.8) is 0 Å². The smallest absolute Gasteiger partial charge is 0.327 e. The Morgan fingerprint density at radius 1 is 0.952 bits per heavy atom. The quantitative estimate of drug-likeness (QED) is 0.188. The van der Waals surface area contributed by atoms with Crippen LogP contribution in [0.4, 0.5) is 0 Å². The Kier molecular flexibility index (Phi) is 12.3. The first kappa shape index (κ1) is 44.2. The number of rotatable bonds is 13. The minimum absolute atomic E-state index is 0.0256. The highest BCUT2D eigenvalue weighted by Gasteiger charge is 2.77. The van der Waals surface area contributed by atoms with E-state index in [1.165, 1.54) is 20.9 Å². The molecule has 334 valence electrons. The molecule has 5 fully saturated rings. The summed E-state index contributed by atoms with van der Waals surface area (Å²) in [5.41, 5.74) is 0.560. The maximum Gasteiger partial charge on any atom is 0.327 e. The van der Waals surface area contributed by atoms with Gasteiger partial charge in [0, 0.05) is 50.7 Å². The molecular weight excluding hydrogens is 809 g/mol. The SMILES string of the molecule is CN(C)C(=O)C=Cc1ccccc1CN1O[C@@H]2[C@H]3OC(c4ccccc4)(c4ccccc4)O[C@H]3[C@@H]3C[C@]2(C(=O)N2CCC[C@@H]2C(=O)N[C@H](CO)CCC(=O)OC(C)(C)C)[C@@H]1C(=O)O3. The molecule has 2 bridgehead atoms. The molecule has 3 aromatic rings. The summed E-state index contributed by atoms with van der Waals surface area (Å²) in [7, 11) is 3.32. The number of hydroxylamine groups is 2. The fourth-order valence-electron chi connectivity index (χ4n) is 9.73. The number of hydrogen-bond acceptors (Lipinski definition) is 12. The van der Waals surface area contributed by atoms with Gasteiger partial charge in [-0.1, -0.05) is 84.9 Å². The second kappa shape index (κ2) is 17.6. The highest BCUT2D eigenvalue weighted by molar-refractivity contribution is 5.97. The van der Waals surface area contributed by atoms with Crippen LogP contribution in [-0.2, 0) is 60.1 Å². The zero-order chi connectivity index (χ0) is 44.7. The zero-order valence-electron chi connectivity index (χ0n) is 36.3. The molecule has 8 rings (SSSR count). The van der Waals surface area contributed by atoms with E-state index in [-0.39, 0.29) is 38.3 Å². The minimum atomic E-state index is -1.59. The minimum Gasteiger partial charge on any atom is -0.460 e. The van der Waals surface area contributed by atoms with Gasteiger partial charge in [-0.3, -0.25) is 28.8 Å². The van der Waals surface area contributed by atoms with Crippen molar-refractivity contribution in [2.24, 2.45) is 5.41 Å². The first-order valence-corrected chi connectivity index (χ1v) is 21.7. The second-order valence-corrected chi connectivity index (χ2v) is 18.2. The number of aliphatic hydroxyl groups excluding tert-OH is 1. The van der Waals surface area contributed by atoms with Crippen LogP contribution < -0.4 is 5.32 Å². The van der Waals surface area contributed by atoms with Crippen LogP contribution in [-0.4, -0.2) is 125 Å². The number of carbonyl (C=O) groups excluding carboxylic acids is 5. The van der Waals surface area contributed by atoms with Crippen molar-refractivity contribution in [1.29, 1.82) is 0 Å². The molecule has 15 nitrogen and oxygen atoms in total. The van der Waals surface area contributed by atoms with Crippen molar-refractivity contribution < 1.29 is 52.9 Å². The van der Waals surface area contributed by atoms with Crippen LogP contribution in [0.15, 0.2) is 91.0 Å². The van der Waals surface area contributed by atoms with Crippen LogP contribution in [0.3, 0.4) is 0 Å². The van der Waals surface area contributed by atoms with Gasteiger partial charge in [0.2, 0.25) is 23.5 Å². The Morgan fingerprint density at radius 2 is 1.60 bits per heavy atom. The Balaban J connectivity index is 1.15. The van der Waals surface area contributed by atoms with E-state index >= 15 is 4.79 Å². The van der Waals surface area contributed by atoms with Crippen molar-refractivity contribution >= 4 is 35.7 Å². The summed E-state index contributed by atoms with van der Waals surface area (Å²) in [6.07, 6.45) is 0.407. The second-order valence-electron chi connectivity index (χ2n) is 18.2. The average molecular weight is 865 g/mol. The van der Waals surface area contributed by atoms with Crippen molar-refractivity contribution in [3.8, 4) is 0 Å². The number of amides is 3. The third-order valence-corrected chi connectivity index (χ3v) is 12.6. The van der Waals surface area contributed by atoms with E-state index in [0.29, 0.717) is 29.5 Å². The van der Waals surface area contributed by atoms with E-state index in [0.717, 1.165) is 5.56 Å². The monoisotopic (exact) mass is 864 g/mol. The van der Waals surface area contributed by atoms with Crippen LogP contribution in [0.5, 0.6) is 0 Å². The van der Waals surface area contributed by atoms with Gasteiger partial charge >= 0.3 is 11.9 Å². The lowest BCUT2D eigenvalue weighted by atomic mass is 9.62. The number of nitrogens with zero attached hydrogens (tertiary/aromatic N) is 3. The molecule has 8 atom stereocenters. The summed E-state index contributed by atoms with van der Waals surface area (Å²) < 4.78 is 25.9. The van der Waals surface area contributed by atoms with E-state index in [9.17, 15) is 24.3 Å². The van der Waals surface area contributed by atoms with Crippen molar-refractivity contribution in [3.05, 3.63) is 113 Å². The van der Waals surface area contributed by atoms with Crippen LogP contribution in [0, 0.1) is 5.41 Å². The third kappa shape index (κ3) is 8.40. The molecule has 4 heterocycles. The Morgan fingerprint density at radius 3 is 2.25 bits per heavy atom. The first-order chi connectivity index (χ1) is 30.1. The average Bonchev–Trinajstić information content (AvgIpc) is 4.01. The highest BCUT2D eigenvalue weighted by atomic mass is 16.8. The van der Waals surface area contributed by atoms with Gasteiger partial charge in [0.15, 0.2) is 6.04 Å². The fourth-order valence-corrected chi connectivity index (χ4v) is 9.73. The molecule has 3 amide bonds. The number of esters is 2. The van der Waals surface area contributed by atoms with Gasteiger partial charge in [-0.2, -0.15) is 5.06 Å². The van der Waals surface area contributed by atoms with Crippen molar-refractivity contribution in [2.45, 2.75) is 113 Å². The summed E-state index contributed by atoms with van der Waals surface area (Å²) in [6, 6.07) is 23.4. The van der Waals surface area contributed by atoms with Crippen molar-refractivity contribution in [2.75, 3.05) is 27.2 Å². The molecule has 4 aliphatic heterocycles. The number of nitrogens with one attached hydrogen (secondary N) is 1. The number of fused-ring (bicyclic) bond motifs is 4. The van der Waals surface area contributed by atoms with Gasteiger partial charge in [-0.15, -0.1) is 0 Å². The lowest BCUT2D eigenvalue weighted by Crippen LogP contribution is -2.70. The molecule has 5 aliphatic rings. The zero-order valence-corrected chi connectivity index (χ0v) is 36.3. The van der Waals surface area contributed by atoms with E-state index in [1.54, 1.807) is 40.9 Å². The lowest BCUT2D eigenvalue weighted by molar-refractivity contribution is -0.214. The number of likely N-dealkylation sites (N-methyl/N-ethyl adjacent to an activating group) is 1. The molecule has 15 heteroatoms. The van der Waals surface area contributed by atoms with Gasteiger partial charge in [0.25, 0.3) is 0 Å². The summed E-state index contributed by atoms with van der Waals surface area (Å²) >= 11 is 0. The normalized spacial score (nSPS) is 27.7. The Hall–Kier alpha value is -5.45. The number of carbonyl (C=O) groups is 5. The fraction of sp³-hybridized carbons (Fsp3) is 0.479. The largest absolute Gasteiger partial charge is 0.460 e. The molecule has 4 saturated heterocycles. The van der Waals surface area contributed by atoms with Crippen LogP contribution >= 0.6 is 0 Å². The number of aliphatic hydroxyl groups is 1.